The second-order valence-corrected chi connectivity index (χ2v) is 8.61. The molecule has 2 N–H and O–H groups in total. The summed E-state index contributed by atoms with van der Waals surface area (Å²) in [5, 5.41) is 12.4. The highest BCUT2D eigenvalue weighted by Crippen LogP contribution is 2.29. The summed E-state index contributed by atoms with van der Waals surface area (Å²) < 4.78 is 26.6. The summed E-state index contributed by atoms with van der Waals surface area (Å²) in [5.41, 5.74) is 2.56. The maximum atomic E-state index is 13.5. The number of aromatic nitrogens is 2. The van der Waals surface area contributed by atoms with E-state index < -0.39 is 11.6 Å². The highest BCUT2D eigenvalue weighted by atomic mass is 19.2. The molecule has 1 fully saturated rings. The topological polar surface area (TPSA) is 75.1 Å². The van der Waals surface area contributed by atoms with Crippen LogP contribution in [0.15, 0.2) is 48.7 Å². The molecule has 1 aliphatic carbocycles. The third kappa shape index (κ3) is 6.12. The van der Waals surface area contributed by atoms with E-state index in [-0.39, 0.29) is 18.1 Å². The lowest BCUT2D eigenvalue weighted by molar-refractivity contribution is -0.115. The number of hydrogen-bond acceptors (Lipinski definition) is 4. The molecule has 0 aliphatic heterocycles. The van der Waals surface area contributed by atoms with Crippen LogP contribution in [0.1, 0.15) is 49.8 Å². The van der Waals surface area contributed by atoms with Crippen LogP contribution in [-0.4, -0.2) is 21.0 Å². The van der Waals surface area contributed by atoms with Crippen LogP contribution < -0.4 is 5.32 Å². The number of nitrogens with zero attached hydrogens (tertiary/aromatic N) is 2. The first-order valence-corrected chi connectivity index (χ1v) is 11.4. The van der Waals surface area contributed by atoms with Crippen LogP contribution in [0.5, 0.6) is 5.75 Å². The lowest BCUT2D eigenvalue weighted by Gasteiger charge is -2.21. The number of hydrogen-bond donors (Lipinski definition) is 2. The highest BCUT2D eigenvalue weighted by Gasteiger charge is 2.17. The normalized spacial score (nSPS) is 14.2. The summed E-state index contributed by atoms with van der Waals surface area (Å²) in [6.07, 6.45) is 9.36. The summed E-state index contributed by atoms with van der Waals surface area (Å²) >= 11 is 0. The second kappa shape index (κ2) is 10.5. The Hall–Kier alpha value is -3.35. The van der Waals surface area contributed by atoms with Gasteiger partial charge >= 0.3 is 0 Å². The van der Waals surface area contributed by atoms with E-state index in [1.165, 1.54) is 38.2 Å². The van der Waals surface area contributed by atoms with Crippen LogP contribution in [0.3, 0.4) is 0 Å². The van der Waals surface area contributed by atoms with E-state index in [9.17, 15) is 18.7 Å². The smallest absolute Gasteiger partial charge is 0.229 e. The number of aryl methyl sites for hydroxylation is 1. The van der Waals surface area contributed by atoms with Gasteiger partial charge in [0.1, 0.15) is 5.75 Å². The van der Waals surface area contributed by atoms with Crippen molar-refractivity contribution in [2.45, 2.75) is 51.4 Å². The fraction of sp³-hybridized carbons (Fsp3) is 0.346. The molecule has 1 aromatic heterocycles. The fourth-order valence-electron chi connectivity index (χ4n) is 4.31. The summed E-state index contributed by atoms with van der Waals surface area (Å²) in [5.74, 6) is -1.09. The van der Waals surface area contributed by atoms with Crippen LogP contribution in [0.25, 0.3) is 11.3 Å². The second-order valence-electron chi connectivity index (χ2n) is 8.61. The van der Waals surface area contributed by atoms with Gasteiger partial charge in [0.25, 0.3) is 0 Å². The molecule has 0 radical (unpaired) electrons. The van der Waals surface area contributed by atoms with E-state index in [1.54, 1.807) is 30.5 Å². The Kier molecular flexibility index (Phi) is 7.27. The van der Waals surface area contributed by atoms with Crippen LogP contribution in [0, 0.1) is 17.6 Å². The molecular formula is C26H27F2N3O2. The van der Waals surface area contributed by atoms with Crippen molar-refractivity contribution in [3.8, 4) is 17.0 Å². The third-order valence-corrected chi connectivity index (χ3v) is 6.13. The fourth-order valence-corrected chi connectivity index (χ4v) is 4.31. The van der Waals surface area contributed by atoms with Gasteiger partial charge in [-0.1, -0.05) is 38.2 Å². The predicted octanol–water partition coefficient (Wildman–Crippen LogP) is 5.82. The first-order chi connectivity index (χ1) is 16.0. The number of benzene rings is 2. The summed E-state index contributed by atoms with van der Waals surface area (Å²) in [6.45, 7) is 0. The zero-order chi connectivity index (χ0) is 23.2. The number of rotatable bonds is 7. The van der Waals surface area contributed by atoms with Gasteiger partial charge in [-0.05, 0) is 60.7 Å². The number of nitrogens with one attached hydrogen (secondary N) is 1. The van der Waals surface area contributed by atoms with E-state index in [2.05, 4.69) is 10.3 Å². The Morgan fingerprint density at radius 3 is 2.52 bits per heavy atom. The van der Waals surface area contributed by atoms with Crippen molar-refractivity contribution < 1.29 is 18.7 Å². The quantitative estimate of drug-likeness (QED) is 0.475. The number of aromatic hydroxyl groups is 1. The number of phenolic OH excluding ortho intramolecular Hbond substituents is 1. The standard InChI is InChI=1S/C26H27F2N3O2/c27-21-12-6-18(14-22(21)28)15-25(33)31-26-23(13-7-17-4-2-1-3-5-17)30-24(16-29-26)19-8-10-20(32)11-9-19/h6,8-12,14,16-17,32H,1-5,7,13,15H2,(H,29,31,33). The molecule has 0 atom stereocenters. The lowest BCUT2D eigenvalue weighted by Crippen LogP contribution is -2.18. The Morgan fingerprint density at radius 1 is 1.03 bits per heavy atom. The van der Waals surface area contributed by atoms with Gasteiger partial charge in [0.2, 0.25) is 5.91 Å². The van der Waals surface area contributed by atoms with E-state index in [4.69, 9.17) is 4.98 Å². The van der Waals surface area contributed by atoms with Crippen LogP contribution >= 0.6 is 0 Å². The molecule has 1 amide bonds. The molecular weight excluding hydrogens is 424 g/mol. The van der Waals surface area contributed by atoms with Crippen LogP contribution in [-0.2, 0) is 17.6 Å². The van der Waals surface area contributed by atoms with E-state index in [0.29, 0.717) is 35.1 Å². The van der Waals surface area contributed by atoms with Gasteiger partial charge in [0.15, 0.2) is 17.5 Å². The molecule has 0 unspecified atom stereocenters. The maximum Gasteiger partial charge on any atom is 0.229 e. The van der Waals surface area contributed by atoms with Crippen LogP contribution in [0.4, 0.5) is 14.6 Å². The van der Waals surface area contributed by atoms with Crippen molar-refractivity contribution in [2.75, 3.05) is 5.32 Å². The molecule has 33 heavy (non-hydrogen) atoms. The van der Waals surface area contributed by atoms with E-state index in [0.717, 1.165) is 24.1 Å². The van der Waals surface area contributed by atoms with E-state index in [1.807, 2.05) is 0 Å². The Morgan fingerprint density at radius 2 is 1.79 bits per heavy atom. The van der Waals surface area contributed by atoms with Gasteiger partial charge in [-0.25, -0.2) is 18.7 Å². The summed E-state index contributed by atoms with van der Waals surface area (Å²) in [6, 6.07) is 10.2. The molecule has 0 bridgehead atoms. The molecule has 0 saturated heterocycles. The number of amides is 1. The van der Waals surface area contributed by atoms with Crippen molar-refractivity contribution in [1.29, 1.82) is 0 Å². The number of carbonyl (C=O) groups excluding carboxylic acids is 1. The molecule has 4 rings (SSSR count). The zero-order valence-electron chi connectivity index (χ0n) is 18.4. The Balaban J connectivity index is 1.53. The van der Waals surface area contributed by atoms with E-state index >= 15 is 0 Å². The average Bonchev–Trinajstić information content (AvgIpc) is 2.82. The van der Waals surface area contributed by atoms with Crippen molar-refractivity contribution in [3.63, 3.8) is 0 Å². The third-order valence-electron chi connectivity index (χ3n) is 6.13. The molecule has 2 aromatic carbocycles. The van der Waals surface area contributed by atoms with Gasteiger partial charge < -0.3 is 10.4 Å². The molecule has 0 spiro atoms. The minimum absolute atomic E-state index is 0.0966. The average molecular weight is 452 g/mol. The van der Waals surface area contributed by atoms with Gasteiger partial charge in [0.05, 0.1) is 24.0 Å². The predicted molar refractivity (Wildman–Crippen MR) is 123 cm³/mol. The minimum Gasteiger partial charge on any atom is -0.508 e. The van der Waals surface area contributed by atoms with Gasteiger partial charge in [0, 0.05) is 5.56 Å². The molecule has 172 valence electrons. The van der Waals surface area contributed by atoms with Gasteiger partial charge in [-0.3, -0.25) is 4.79 Å². The Bertz CT molecular complexity index is 1110. The molecule has 1 heterocycles. The zero-order valence-corrected chi connectivity index (χ0v) is 18.4. The number of anilines is 1. The first kappa shape index (κ1) is 22.8. The molecule has 7 heteroatoms. The number of carbonyl (C=O) groups is 1. The molecule has 1 aliphatic rings. The van der Waals surface area contributed by atoms with Gasteiger partial charge in [-0.15, -0.1) is 0 Å². The van der Waals surface area contributed by atoms with Gasteiger partial charge in [-0.2, -0.15) is 0 Å². The van der Waals surface area contributed by atoms with Crippen molar-refractivity contribution in [1.82, 2.24) is 9.97 Å². The Labute approximate surface area is 191 Å². The molecule has 3 aromatic rings. The maximum absolute atomic E-state index is 13.5. The monoisotopic (exact) mass is 451 g/mol. The largest absolute Gasteiger partial charge is 0.508 e. The highest BCUT2D eigenvalue weighted by molar-refractivity contribution is 5.92. The minimum atomic E-state index is -0.980. The number of phenols is 1. The lowest BCUT2D eigenvalue weighted by atomic mass is 9.86. The summed E-state index contributed by atoms with van der Waals surface area (Å²) in [4.78, 5) is 21.8. The van der Waals surface area contributed by atoms with Crippen LogP contribution in [0.2, 0.25) is 0 Å². The van der Waals surface area contributed by atoms with Crippen molar-refractivity contribution in [3.05, 3.63) is 71.6 Å². The SMILES string of the molecule is O=C(Cc1ccc(F)c(F)c1)Nc1ncc(-c2ccc(O)cc2)nc1CCC1CCCCC1. The first-order valence-electron chi connectivity index (χ1n) is 11.4. The molecule has 5 nitrogen and oxygen atoms in total. The summed E-state index contributed by atoms with van der Waals surface area (Å²) in [7, 11) is 0. The number of halogens is 2. The van der Waals surface area contributed by atoms with Crippen molar-refractivity contribution >= 4 is 11.7 Å². The molecule has 1 saturated carbocycles. The van der Waals surface area contributed by atoms with Crippen molar-refractivity contribution in [2.24, 2.45) is 5.92 Å².